The second-order valence-electron chi connectivity index (χ2n) is 7.94. The third kappa shape index (κ3) is 4.24. The van der Waals surface area contributed by atoms with Crippen LogP contribution in [0.2, 0.25) is 0 Å². The first-order chi connectivity index (χ1) is 13.3. The van der Waals surface area contributed by atoms with Gasteiger partial charge in [0.05, 0.1) is 5.41 Å². The SMILES string of the molecule is CC(C)CC(=O)N1CCC[C@@](Cc2cc(-c3ccccc3F)no2)(C(=O)O)C1. The van der Waals surface area contributed by atoms with Crippen molar-refractivity contribution in [3.8, 4) is 11.3 Å². The topological polar surface area (TPSA) is 83.6 Å². The lowest BCUT2D eigenvalue weighted by Gasteiger charge is -2.39. The van der Waals surface area contributed by atoms with Gasteiger partial charge in [0.2, 0.25) is 5.91 Å². The van der Waals surface area contributed by atoms with Gasteiger partial charge in [0.15, 0.2) is 0 Å². The van der Waals surface area contributed by atoms with E-state index in [0.717, 1.165) is 0 Å². The quantitative estimate of drug-likeness (QED) is 0.815. The number of piperidine rings is 1. The Morgan fingerprint density at radius 1 is 1.36 bits per heavy atom. The summed E-state index contributed by atoms with van der Waals surface area (Å²) in [7, 11) is 0. The fraction of sp³-hybridized carbons (Fsp3) is 0.476. The second-order valence-corrected chi connectivity index (χ2v) is 7.94. The number of hydrogen-bond acceptors (Lipinski definition) is 4. The molecule has 0 spiro atoms. The average Bonchev–Trinajstić information content (AvgIpc) is 3.09. The molecule has 0 bridgehead atoms. The molecule has 0 saturated carbocycles. The van der Waals surface area contributed by atoms with Crippen LogP contribution in [0.1, 0.15) is 38.9 Å². The van der Waals surface area contributed by atoms with Gasteiger partial charge in [0.25, 0.3) is 0 Å². The van der Waals surface area contributed by atoms with Crippen LogP contribution in [0.15, 0.2) is 34.9 Å². The first kappa shape index (κ1) is 20.0. The van der Waals surface area contributed by atoms with Crippen LogP contribution in [0, 0.1) is 17.2 Å². The summed E-state index contributed by atoms with van der Waals surface area (Å²) in [6.07, 6.45) is 1.57. The first-order valence-corrected chi connectivity index (χ1v) is 9.52. The average molecular weight is 388 g/mol. The molecule has 6 nitrogen and oxygen atoms in total. The van der Waals surface area contributed by atoms with Gasteiger partial charge in [-0.2, -0.15) is 0 Å². The normalized spacial score (nSPS) is 19.8. The highest BCUT2D eigenvalue weighted by Gasteiger charge is 2.44. The molecule has 1 aliphatic heterocycles. The molecule has 0 aliphatic carbocycles. The maximum Gasteiger partial charge on any atom is 0.311 e. The van der Waals surface area contributed by atoms with E-state index >= 15 is 0 Å². The van der Waals surface area contributed by atoms with E-state index in [0.29, 0.717) is 42.8 Å². The molecule has 1 atom stereocenters. The van der Waals surface area contributed by atoms with Crippen LogP contribution in [0.25, 0.3) is 11.3 Å². The van der Waals surface area contributed by atoms with Crippen molar-refractivity contribution in [3.05, 3.63) is 41.9 Å². The number of hydrogen-bond donors (Lipinski definition) is 1. The molecule has 0 unspecified atom stereocenters. The number of rotatable bonds is 6. The highest BCUT2D eigenvalue weighted by Crippen LogP contribution is 2.35. The highest BCUT2D eigenvalue weighted by atomic mass is 19.1. The summed E-state index contributed by atoms with van der Waals surface area (Å²) in [5.41, 5.74) is -0.492. The van der Waals surface area contributed by atoms with Crippen molar-refractivity contribution >= 4 is 11.9 Å². The van der Waals surface area contributed by atoms with E-state index in [1.807, 2.05) is 13.8 Å². The highest BCUT2D eigenvalue weighted by molar-refractivity contribution is 5.80. The number of carboxylic acid groups (broad SMARTS) is 1. The number of likely N-dealkylation sites (tertiary alicyclic amines) is 1. The number of halogens is 1. The lowest BCUT2D eigenvalue weighted by atomic mass is 9.76. The van der Waals surface area contributed by atoms with Gasteiger partial charge in [0, 0.05) is 37.6 Å². The molecule has 1 aromatic carbocycles. The number of nitrogens with zero attached hydrogens (tertiary/aromatic N) is 2. The molecule has 0 radical (unpaired) electrons. The Kier molecular flexibility index (Phi) is 5.82. The van der Waals surface area contributed by atoms with E-state index in [-0.39, 0.29) is 24.8 Å². The van der Waals surface area contributed by atoms with Crippen molar-refractivity contribution in [2.24, 2.45) is 11.3 Å². The van der Waals surface area contributed by atoms with Crippen LogP contribution in [0.5, 0.6) is 0 Å². The van der Waals surface area contributed by atoms with Crippen LogP contribution in [0.3, 0.4) is 0 Å². The zero-order valence-corrected chi connectivity index (χ0v) is 16.2. The Morgan fingerprint density at radius 3 is 2.79 bits per heavy atom. The third-order valence-corrected chi connectivity index (χ3v) is 5.19. The van der Waals surface area contributed by atoms with Crippen LogP contribution in [0.4, 0.5) is 4.39 Å². The molecule has 2 heterocycles. The predicted octanol–water partition coefficient (Wildman–Crippen LogP) is 3.76. The molecule has 3 rings (SSSR count). The molecule has 1 amide bonds. The largest absolute Gasteiger partial charge is 0.481 e. The molecule has 1 fully saturated rings. The lowest BCUT2D eigenvalue weighted by Crippen LogP contribution is -2.51. The minimum Gasteiger partial charge on any atom is -0.481 e. The molecular formula is C21H25FN2O4. The van der Waals surface area contributed by atoms with Gasteiger partial charge >= 0.3 is 5.97 Å². The fourth-order valence-corrected chi connectivity index (χ4v) is 3.74. The monoisotopic (exact) mass is 388 g/mol. The smallest absolute Gasteiger partial charge is 0.311 e. The molecular weight excluding hydrogens is 363 g/mol. The molecule has 1 N–H and O–H groups in total. The van der Waals surface area contributed by atoms with Gasteiger partial charge in [0.1, 0.15) is 17.3 Å². The zero-order chi connectivity index (χ0) is 20.3. The Morgan fingerprint density at radius 2 is 2.11 bits per heavy atom. The van der Waals surface area contributed by atoms with Gasteiger partial charge < -0.3 is 14.5 Å². The fourth-order valence-electron chi connectivity index (χ4n) is 3.74. The zero-order valence-electron chi connectivity index (χ0n) is 16.2. The minimum atomic E-state index is -1.13. The summed E-state index contributed by atoms with van der Waals surface area (Å²) in [4.78, 5) is 26.2. The van der Waals surface area contributed by atoms with Crippen molar-refractivity contribution in [2.75, 3.05) is 13.1 Å². The minimum absolute atomic E-state index is 0.0232. The number of amides is 1. The number of carbonyl (C=O) groups excluding carboxylic acids is 1. The molecule has 1 aromatic heterocycles. The van der Waals surface area contributed by atoms with E-state index in [2.05, 4.69) is 5.16 Å². The Labute approximate surface area is 163 Å². The summed E-state index contributed by atoms with van der Waals surface area (Å²) in [6, 6.07) is 7.80. The molecule has 2 aromatic rings. The molecule has 28 heavy (non-hydrogen) atoms. The van der Waals surface area contributed by atoms with Crippen LogP contribution >= 0.6 is 0 Å². The molecule has 1 aliphatic rings. The number of aliphatic carboxylic acids is 1. The van der Waals surface area contributed by atoms with Crippen LogP contribution in [-0.4, -0.2) is 40.1 Å². The van der Waals surface area contributed by atoms with Gasteiger partial charge in [-0.1, -0.05) is 31.1 Å². The number of benzene rings is 1. The maximum atomic E-state index is 14.0. The van der Waals surface area contributed by atoms with Crippen LogP contribution in [-0.2, 0) is 16.0 Å². The summed E-state index contributed by atoms with van der Waals surface area (Å²) >= 11 is 0. The summed E-state index contributed by atoms with van der Waals surface area (Å²) in [5, 5.41) is 13.8. The second kappa shape index (κ2) is 8.12. The summed E-state index contributed by atoms with van der Waals surface area (Å²) in [5.74, 6) is -0.813. The van der Waals surface area contributed by atoms with Crippen molar-refractivity contribution in [1.29, 1.82) is 0 Å². The lowest BCUT2D eigenvalue weighted by molar-refractivity contribution is -0.155. The van der Waals surface area contributed by atoms with Crippen molar-refractivity contribution in [1.82, 2.24) is 10.1 Å². The summed E-state index contributed by atoms with van der Waals surface area (Å²) in [6.45, 7) is 4.64. The molecule has 150 valence electrons. The van der Waals surface area contributed by atoms with E-state index in [1.165, 1.54) is 6.07 Å². The Bertz CT molecular complexity index is 864. The summed E-state index contributed by atoms with van der Waals surface area (Å²) < 4.78 is 19.3. The van der Waals surface area contributed by atoms with Gasteiger partial charge in [-0.25, -0.2) is 4.39 Å². The number of aromatic nitrogens is 1. The third-order valence-electron chi connectivity index (χ3n) is 5.19. The number of carbonyl (C=O) groups is 2. The maximum absolute atomic E-state index is 14.0. The van der Waals surface area contributed by atoms with Gasteiger partial charge in [-0.3, -0.25) is 9.59 Å². The number of carboxylic acids is 1. The first-order valence-electron chi connectivity index (χ1n) is 9.52. The standard InChI is InChI=1S/C21H25FN2O4/c1-14(2)10-19(25)24-9-5-8-21(13-24,20(26)27)12-15-11-18(23-28-15)16-6-3-4-7-17(16)22/h3-4,6-7,11,14H,5,8-10,12-13H2,1-2H3,(H,26,27)/t21-/m0/s1. The van der Waals surface area contributed by atoms with Crippen LogP contribution < -0.4 is 0 Å². The van der Waals surface area contributed by atoms with Crippen molar-refractivity contribution in [3.63, 3.8) is 0 Å². The molecule has 1 saturated heterocycles. The van der Waals surface area contributed by atoms with E-state index in [1.54, 1.807) is 29.2 Å². The Hall–Kier alpha value is -2.70. The van der Waals surface area contributed by atoms with E-state index in [4.69, 9.17) is 4.52 Å². The van der Waals surface area contributed by atoms with Crippen molar-refractivity contribution < 1.29 is 23.6 Å². The Balaban J connectivity index is 1.81. The van der Waals surface area contributed by atoms with Crippen molar-refractivity contribution in [2.45, 2.75) is 39.5 Å². The van der Waals surface area contributed by atoms with E-state index < -0.39 is 17.2 Å². The van der Waals surface area contributed by atoms with Gasteiger partial charge in [-0.15, -0.1) is 0 Å². The predicted molar refractivity (Wildman–Crippen MR) is 101 cm³/mol. The van der Waals surface area contributed by atoms with Gasteiger partial charge in [-0.05, 0) is 30.9 Å². The van der Waals surface area contributed by atoms with E-state index in [9.17, 15) is 19.1 Å². The molecule has 7 heteroatoms.